The Morgan fingerprint density at radius 2 is 1.05 bits per heavy atom. The zero-order valence-corrected chi connectivity index (χ0v) is 14.0. The molecule has 0 radical (unpaired) electrons. The van der Waals surface area contributed by atoms with Crippen LogP contribution in [0.1, 0.15) is 13.8 Å². The van der Waals surface area contributed by atoms with E-state index in [1.165, 1.54) is 35.2 Å². The summed E-state index contributed by atoms with van der Waals surface area (Å²) in [5.41, 5.74) is -3.79. The van der Waals surface area contributed by atoms with Crippen molar-refractivity contribution in [3.8, 4) is 0 Å². The van der Waals surface area contributed by atoms with Crippen molar-refractivity contribution < 1.29 is 41.7 Å². The van der Waals surface area contributed by atoms with Gasteiger partial charge in [-0.2, -0.15) is 0 Å². The molecule has 0 aromatic carbocycles. The van der Waals surface area contributed by atoms with Crippen LogP contribution in [0, 0.1) is 0 Å². The van der Waals surface area contributed by atoms with E-state index in [4.69, 9.17) is 32.1 Å². The first kappa shape index (κ1) is 18.2. The fraction of sp³-hybridized carbons (Fsp3) is 0.818. The maximum absolute atomic E-state index is 12.2. The minimum absolute atomic E-state index is 0.868. The van der Waals surface area contributed by atoms with Gasteiger partial charge in [0.25, 0.3) is 0 Å². The van der Waals surface area contributed by atoms with Gasteiger partial charge in [0.1, 0.15) is 0 Å². The summed E-state index contributed by atoms with van der Waals surface area (Å²) >= 11 is 0. The summed E-state index contributed by atoms with van der Waals surface area (Å²) in [6, 6.07) is 0. The molecule has 1 aliphatic heterocycles. The van der Waals surface area contributed by atoms with E-state index >= 15 is 0 Å². The molecule has 0 bridgehead atoms. The van der Waals surface area contributed by atoms with Crippen LogP contribution >= 0.6 is 7.74 Å². The molecule has 0 aromatic heterocycles. The summed E-state index contributed by atoms with van der Waals surface area (Å²) in [5, 5.41) is 0. The molecule has 0 N–H and O–H groups in total. The Balaban J connectivity index is 3.56. The summed E-state index contributed by atoms with van der Waals surface area (Å²) in [6.45, 7) is 2.61. The third-order valence-corrected chi connectivity index (χ3v) is 6.73. The quantitative estimate of drug-likeness (QED) is 0.540. The van der Waals surface area contributed by atoms with Crippen molar-refractivity contribution in [2.75, 3.05) is 35.5 Å². The molecule has 1 heterocycles. The molecule has 0 aromatic rings. The van der Waals surface area contributed by atoms with Crippen LogP contribution in [-0.2, 0) is 41.7 Å². The Hall–Kier alpha value is -0.830. The first-order chi connectivity index (χ1) is 9.62. The Labute approximate surface area is 123 Å². The first-order valence-electron chi connectivity index (χ1n) is 5.93. The molecule has 0 saturated carbocycles. The van der Waals surface area contributed by atoms with Gasteiger partial charge < -0.3 is 0 Å². The van der Waals surface area contributed by atoms with Crippen LogP contribution in [0.15, 0.2) is 0 Å². The van der Waals surface area contributed by atoms with E-state index in [-0.39, 0.29) is 0 Å². The van der Waals surface area contributed by atoms with E-state index in [1.54, 1.807) is 0 Å². The minimum atomic E-state index is -4.62. The van der Waals surface area contributed by atoms with Crippen molar-refractivity contribution in [1.82, 2.24) is 0 Å². The van der Waals surface area contributed by atoms with Crippen molar-refractivity contribution in [2.45, 2.75) is 25.0 Å². The van der Waals surface area contributed by atoms with Crippen molar-refractivity contribution in [1.29, 1.82) is 0 Å². The van der Waals surface area contributed by atoms with Crippen LogP contribution in [-0.4, -0.2) is 58.7 Å². The molecular weight excluding hydrogens is 307 g/mol. The van der Waals surface area contributed by atoms with Crippen LogP contribution in [0.25, 0.3) is 0 Å². The summed E-state index contributed by atoms with van der Waals surface area (Å²) in [6.07, 6.45) is 0. The molecule has 10 heteroatoms. The van der Waals surface area contributed by atoms with Crippen molar-refractivity contribution in [3.05, 3.63) is 0 Å². The SMILES string of the molecule is COC(=O)C1(C)OP(OC)(OC)(OC)OC1(C)C(=O)OC. The second-order valence-corrected chi connectivity index (χ2v) is 7.48. The van der Waals surface area contributed by atoms with Crippen molar-refractivity contribution in [3.63, 3.8) is 0 Å². The Morgan fingerprint density at radius 3 is 1.24 bits per heavy atom. The Morgan fingerprint density at radius 1 is 0.762 bits per heavy atom. The van der Waals surface area contributed by atoms with Gasteiger partial charge in [-0.3, -0.25) is 0 Å². The second-order valence-electron chi connectivity index (χ2n) is 4.53. The summed E-state index contributed by atoms with van der Waals surface area (Å²) in [7, 11) is 1.31. The van der Waals surface area contributed by atoms with Crippen LogP contribution in [0.3, 0.4) is 0 Å². The standard InChI is InChI=1S/C11H21O9P/c1-10(8(12)14-3)11(2,9(13)15-4)20-21(16-5,17-6,18-7)19-10/h1-7H3. The molecular formula is C11H21O9P. The first-order valence-corrected chi connectivity index (χ1v) is 7.75. The average Bonchev–Trinajstić information content (AvgIpc) is 2.74. The van der Waals surface area contributed by atoms with Gasteiger partial charge in [0, 0.05) is 0 Å². The van der Waals surface area contributed by atoms with Crippen LogP contribution < -0.4 is 0 Å². The zero-order valence-electron chi connectivity index (χ0n) is 13.1. The molecule has 1 fully saturated rings. The number of carbonyl (C=O) groups is 2. The van der Waals surface area contributed by atoms with Gasteiger partial charge in [-0.15, -0.1) is 0 Å². The van der Waals surface area contributed by atoms with E-state index in [1.807, 2.05) is 0 Å². The molecule has 2 atom stereocenters. The van der Waals surface area contributed by atoms with Gasteiger partial charge >= 0.3 is 122 Å². The van der Waals surface area contributed by atoms with Gasteiger partial charge in [-0.25, -0.2) is 0 Å². The van der Waals surface area contributed by atoms with E-state index in [0.717, 1.165) is 14.2 Å². The van der Waals surface area contributed by atoms with E-state index in [0.29, 0.717) is 0 Å². The van der Waals surface area contributed by atoms with E-state index in [9.17, 15) is 9.59 Å². The van der Waals surface area contributed by atoms with Crippen molar-refractivity contribution >= 4 is 19.7 Å². The Kier molecular flexibility index (Phi) is 4.70. The molecule has 124 valence electrons. The zero-order chi connectivity index (χ0) is 16.6. The predicted octanol–water partition coefficient (Wildman–Crippen LogP) is 0.964. The van der Waals surface area contributed by atoms with Crippen molar-refractivity contribution in [2.24, 2.45) is 0 Å². The predicted molar refractivity (Wildman–Crippen MR) is 71.0 cm³/mol. The molecule has 9 nitrogen and oxygen atoms in total. The van der Waals surface area contributed by atoms with Crippen LogP contribution in [0.2, 0.25) is 0 Å². The van der Waals surface area contributed by atoms with E-state index in [2.05, 4.69) is 0 Å². The molecule has 0 spiro atoms. The number of hydrogen-bond donors (Lipinski definition) is 0. The maximum atomic E-state index is 12.2. The van der Waals surface area contributed by atoms with Gasteiger partial charge in [0.15, 0.2) is 0 Å². The number of hydrogen-bond acceptors (Lipinski definition) is 9. The van der Waals surface area contributed by atoms with Crippen LogP contribution in [0.4, 0.5) is 0 Å². The number of carbonyl (C=O) groups excluding carboxylic acids is 2. The Bertz CT molecular complexity index is 404. The summed E-state index contributed by atoms with van der Waals surface area (Å²) < 4.78 is 36.2. The summed E-state index contributed by atoms with van der Waals surface area (Å²) in [4.78, 5) is 24.3. The van der Waals surface area contributed by atoms with Crippen LogP contribution in [0.5, 0.6) is 0 Å². The van der Waals surface area contributed by atoms with Gasteiger partial charge in [-0.05, 0) is 0 Å². The third kappa shape index (κ3) is 2.25. The molecule has 1 rings (SSSR count). The molecule has 0 amide bonds. The number of rotatable bonds is 5. The fourth-order valence-electron chi connectivity index (χ4n) is 2.09. The average molecular weight is 328 g/mol. The topological polar surface area (TPSA) is 98.8 Å². The molecule has 1 saturated heterocycles. The second kappa shape index (κ2) is 5.42. The van der Waals surface area contributed by atoms with E-state index < -0.39 is 30.9 Å². The molecule has 21 heavy (non-hydrogen) atoms. The van der Waals surface area contributed by atoms with Gasteiger partial charge in [0.2, 0.25) is 0 Å². The number of esters is 2. The molecule has 2 unspecified atom stereocenters. The number of ether oxygens (including phenoxy) is 2. The third-order valence-electron chi connectivity index (χ3n) is 3.62. The number of methoxy groups -OCH3 is 2. The van der Waals surface area contributed by atoms with Gasteiger partial charge in [0.05, 0.1) is 0 Å². The monoisotopic (exact) mass is 328 g/mol. The normalized spacial score (nSPS) is 35.5. The molecule has 1 aliphatic rings. The summed E-state index contributed by atoms with van der Waals surface area (Å²) in [5.74, 6) is -1.74. The molecule has 0 aliphatic carbocycles. The van der Waals surface area contributed by atoms with Gasteiger partial charge in [-0.1, -0.05) is 0 Å². The fourth-order valence-corrected chi connectivity index (χ4v) is 4.71.